The number of rotatable bonds is 7. The topological polar surface area (TPSA) is 65.8 Å². The van der Waals surface area contributed by atoms with Gasteiger partial charge in [-0.05, 0) is 44.2 Å². The molecule has 0 spiro atoms. The van der Waals surface area contributed by atoms with Crippen molar-refractivity contribution in [1.82, 2.24) is 14.5 Å². The highest BCUT2D eigenvalue weighted by atomic mass is 35.5. The summed E-state index contributed by atoms with van der Waals surface area (Å²) in [6.45, 7) is 8.03. The van der Waals surface area contributed by atoms with Gasteiger partial charge in [0.25, 0.3) is 5.56 Å². The molecule has 3 heterocycles. The summed E-state index contributed by atoms with van der Waals surface area (Å²) < 4.78 is 19.6. The summed E-state index contributed by atoms with van der Waals surface area (Å²) >= 11 is 7.38. The molecule has 1 saturated heterocycles. The quantitative estimate of drug-likeness (QED) is 0.328. The predicted octanol–water partition coefficient (Wildman–Crippen LogP) is 5.27. The van der Waals surface area contributed by atoms with Gasteiger partial charge in [0.05, 0.1) is 30.5 Å². The average molecular weight is 526 g/mol. The summed E-state index contributed by atoms with van der Waals surface area (Å²) in [4.78, 5) is 20.3. The van der Waals surface area contributed by atoms with E-state index in [1.54, 1.807) is 17.9 Å². The maximum absolute atomic E-state index is 13.3. The van der Waals surface area contributed by atoms with Crippen LogP contribution in [0, 0.1) is 0 Å². The summed E-state index contributed by atoms with van der Waals surface area (Å²) in [6, 6.07) is 14.8. The number of ether oxygens (including phenoxy) is 3. The lowest BCUT2D eigenvalue weighted by atomic mass is 10.1. The van der Waals surface area contributed by atoms with Crippen molar-refractivity contribution in [2.24, 2.45) is 0 Å². The zero-order valence-corrected chi connectivity index (χ0v) is 22.1. The van der Waals surface area contributed by atoms with Gasteiger partial charge in [-0.2, -0.15) is 0 Å². The Kier molecular flexibility index (Phi) is 7.03. The van der Waals surface area contributed by atoms with Crippen LogP contribution in [0.3, 0.4) is 0 Å². The van der Waals surface area contributed by atoms with Crippen LogP contribution in [0.4, 0.5) is 0 Å². The Morgan fingerprint density at radius 2 is 1.94 bits per heavy atom. The molecule has 0 aliphatic carbocycles. The highest BCUT2D eigenvalue weighted by molar-refractivity contribution is 7.21. The van der Waals surface area contributed by atoms with Crippen molar-refractivity contribution in [2.45, 2.75) is 19.4 Å². The van der Waals surface area contributed by atoms with Crippen LogP contribution >= 0.6 is 22.9 Å². The van der Waals surface area contributed by atoms with Crippen LogP contribution in [-0.4, -0.2) is 60.0 Å². The van der Waals surface area contributed by atoms with E-state index >= 15 is 0 Å². The number of halogens is 1. The molecule has 188 valence electrons. The van der Waals surface area contributed by atoms with Crippen molar-refractivity contribution in [3.63, 3.8) is 0 Å². The van der Waals surface area contributed by atoms with E-state index in [-0.39, 0.29) is 11.2 Å². The normalized spacial score (nSPS) is 15.8. The minimum atomic E-state index is -0.139. The fourth-order valence-electron chi connectivity index (χ4n) is 4.35. The van der Waals surface area contributed by atoms with Gasteiger partial charge in [-0.1, -0.05) is 23.7 Å². The van der Waals surface area contributed by atoms with E-state index in [1.807, 2.05) is 48.5 Å². The molecule has 7 nitrogen and oxygen atoms in total. The van der Waals surface area contributed by atoms with Gasteiger partial charge in [0.2, 0.25) is 0 Å². The standard InChI is InChI=1S/C27H28ClN3O4S/c1-27(2)17-30(13-15-35-27)12-14-34-22-9-8-20(16-23(22)33-3)31-11-10-21-24(26(31)32)36-25(29-21)18-4-6-19(28)7-5-18/h4-11,16H,12-15,17H2,1-3H3. The maximum atomic E-state index is 13.3. The van der Waals surface area contributed by atoms with Gasteiger partial charge in [0, 0.05) is 42.5 Å². The summed E-state index contributed by atoms with van der Waals surface area (Å²) in [6.07, 6.45) is 1.74. The summed E-state index contributed by atoms with van der Waals surface area (Å²) in [5.41, 5.74) is 2.03. The Bertz CT molecular complexity index is 1430. The number of pyridine rings is 1. The molecule has 2 aromatic heterocycles. The Labute approximate surface area is 218 Å². The van der Waals surface area contributed by atoms with Gasteiger partial charge in [0.1, 0.15) is 16.3 Å². The molecule has 0 radical (unpaired) electrons. The van der Waals surface area contributed by atoms with Crippen LogP contribution in [0.5, 0.6) is 11.5 Å². The number of nitrogens with zero attached hydrogens (tertiary/aromatic N) is 3. The number of methoxy groups -OCH3 is 1. The van der Waals surface area contributed by atoms with Gasteiger partial charge in [-0.25, -0.2) is 4.98 Å². The monoisotopic (exact) mass is 525 g/mol. The van der Waals surface area contributed by atoms with Crippen LogP contribution < -0.4 is 15.0 Å². The first kappa shape index (κ1) is 24.8. The Balaban J connectivity index is 1.35. The van der Waals surface area contributed by atoms with E-state index in [9.17, 15) is 4.79 Å². The SMILES string of the molecule is COc1cc(-n2ccc3nc(-c4ccc(Cl)cc4)sc3c2=O)ccc1OCCN1CCOC(C)(C)C1. The number of fused-ring (bicyclic) bond motifs is 1. The van der Waals surface area contributed by atoms with Crippen molar-refractivity contribution in [3.8, 4) is 27.8 Å². The largest absolute Gasteiger partial charge is 0.493 e. The molecule has 0 atom stereocenters. The summed E-state index contributed by atoms with van der Waals surface area (Å²) in [5.74, 6) is 1.22. The van der Waals surface area contributed by atoms with Gasteiger partial charge in [-0.3, -0.25) is 14.3 Å². The van der Waals surface area contributed by atoms with E-state index < -0.39 is 0 Å². The van der Waals surface area contributed by atoms with Crippen molar-refractivity contribution < 1.29 is 14.2 Å². The third-order valence-corrected chi connectivity index (χ3v) is 7.49. The van der Waals surface area contributed by atoms with Crippen LogP contribution in [-0.2, 0) is 4.74 Å². The van der Waals surface area contributed by atoms with Crippen molar-refractivity contribution in [1.29, 1.82) is 0 Å². The number of hydrogen-bond acceptors (Lipinski definition) is 7. The lowest BCUT2D eigenvalue weighted by Gasteiger charge is -2.38. The zero-order chi connectivity index (χ0) is 25.3. The third-order valence-electron chi connectivity index (χ3n) is 6.13. The van der Waals surface area contributed by atoms with Crippen LogP contribution in [0.15, 0.2) is 59.5 Å². The van der Waals surface area contributed by atoms with Gasteiger partial charge in [-0.15, -0.1) is 11.3 Å². The van der Waals surface area contributed by atoms with E-state index in [2.05, 4.69) is 23.7 Å². The Morgan fingerprint density at radius 3 is 2.69 bits per heavy atom. The molecular formula is C27H28ClN3O4S. The molecule has 1 aliphatic rings. The molecule has 0 amide bonds. The molecule has 1 aliphatic heterocycles. The van der Waals surface area contributed by atoms with E-state index in [0.717, 1.165) is 36.8 Å². The number of hydrogen-bond donors (Lipinski definition) is 0. The number of aromatic nitrogens is 2. The Hall–Kier alpha value is -2.91. The average Bonchev–Trinajstić information content (AvgIpc) is 3.30. The molecular weight excluding hydrogens is 498 g/mol. The first-order valence-corrected chi connectivity index (χ1v) is 13.0. The minimum Gasteiger partial charge on any atom is -0.493 e. The van der Waals surface area contributed by atoms with Crippen LogP contribution in [0.2, 0.25) is 5.02 Å². The maximum Gasteiger partial charge on any atom is 0.274 e. The van der Waals surface area contributed by atoms with E-state index in [1.165, 1.54) is 11.3 Å². The highest BCUT2D eigenvalue weighted by Crippen LogP contribution is 2.31. The van der Waals surface area contributed by atoms with E-state index in [0.29, 0.717) is 39.0 Å². The van der Waals surface area contributed by atoms with Crippen LogP contribution in [0.25, 0.3) is 26.5 Å². The second kappa shape index (κ2) is 10.2. The van der Waals surface area contributed by atoms with Crippen molar-refractivity contribution in [3.05, 3.63) is 70.1 Å². The molecule has 0 bridgehead atoms. The fourth-order valence-corrected chi connectivity index (χ4v) is 5.48. The smallest absolute Gasteiger partial charge is 0.274 e. The molecule has 0 N–H and O–H groups in total. The van der Waals surface area contributed by atoms with Crippen molar-refractivity contribution >= 4 is 33.2 Å². The number of thiazole rings is 1. The molecule has 1 fully saturated rings. The summed E-state index contributed by atoms with van der Waals surface area (Å²) in [5, 5.41) is 1.44. The molecule has 5 rings (SSSR count). The lowest BCUT2D eigenvalue weighted by Crippen LogP contribution is -2.49. The predicted molar refractivity (Wildman–Crippen MR) is 144 cm³/mol. The second-order valence-corrected chi connectivity index (χ2v) is 10.7. The first-order chi connectivity index (χ1) is 17.3. The molecule has 4 aromatic rings. The molecule has 0 saturated carbocycles. The second-order valence-electron chi connectivity index (χ2n) is 9.30. The van der Waals surface area contributed by atoms with E-state index in [4.69, 9.17) is 25.8 Å². The van der Waals surface area contributed by atoms with Crippen LogP contribution in [0.1, 0.15) is 13.8 Å². The third kappa shape index (κ3) is 5.27. The molecule has 2 aromatic carbocycles. The minimum absolute atomic E-state index is 0.129. The molecule has 9 heteroatoms. The first-order valence-electron chi connectivity index (χ1n) is 11.8. The fraction of sp³-hybridized carbons (Fsp3) is 0.333. The molecule has 36 heavy (non-hydrogen) atoms. The number of benzene rings is 2. The molecule has 0 unspecified atom stereocenters. The van der Waals surface area contributed by atoms with Gasteiger partial charge < -0.3 is 14.2 Å². The lowest BCUT2D eigenvalue weighted by molar-refractivity contribution is -0.0876. The summed E-state index contributed by atoms with van der Waals surface area (Å²) in [7, 11) is 1.60. The Morgan fingerprint density at radius 1 is 1.14 bits per heavy atom. The van der Waals surface area contributed by atoms with Crippen molar-refractivity contribution in [2.75, 3.05) is 40.0 Å². The van der Waals surface area contributed by atoms with Gasteiger partial charge >= 0.3 is 0 Å². The van der Waals surface area contributed by atoms with Gasteiger partial charge in [0.15, 0.2) is 11.5 Å². The highest BCUT2D eigenvalue weighted by Gasteiger charge is 2.26. The zero-order valence-electron chi connectivity index (χ0n) is 20.5. The number of morpholine rings is 1.